The fourth-order valence-corrected chi connectivity index (χ4v) is 4.19. The SMILES string of the molecule is CCOc1nc2cccc(C(=O)OCOC(=O)O)c2n1Cc1ccc(-c2ccccc2-c2noc(=O)[nH]2)cc1. The van der Waals surface area contributed by atoms with E-state index in [2.05, 4.69) is 24.4 Å². The molecule has 0 atom stereocenters. The number of H-pyrrole nitrogens is 1. The van der Waals surface area contributed by atoms with E-state index >= 15 is 0 Å². The van der Waals surface area contributed by atoms with E-state index in [0.717, 1.165) is 16.7 Å². The average molecular weight is 530 g/mol. The van der Waals surface area contributed by atoms with Crippen molar-refractivity contribution in [1.82, 2.24) is 19.7 Å². The van der Waals surface area contributed by atoms with Crippen LogP contribution >= 0.6 is 0 Å². The molecule has 0 unspecified atom stereocenters. The Labute approximate surface area is 220 Å². The van der Waals surface area contributed by atoms with Crippen LogP contribution in [-0.2, 0) is 16.0 Å². The maximum atomic E-state index is 12.8. The number of imidazole rings is 1. The first-order chi connectivity index (χ1) is 18.9. The zero-order valence-corrected chi connectivity index (χ0v) is 20.6. The Kier molecular flexibility index (Phi) is 7.08. The highest BCUT2D eigenvalue weighted by Crippen LogP contribution is 2.31. The Balaban J connectivity index is 1.48. The lowest BCUT2D eigenvalue weighted by atomic mass is 9.98. The first-order valence-corrected chi connectivity index (χ1v) is 11.8. The second kappa shape index (κ2) is 10.9. The monoisotopic (exact) mass is 530 g/mol. The summed E-state index contributed by atoms with van der Waals surface area (Å²) in [7, 11) is 0. The molecule has 5 rings (SSSR count). The topological polar surface area (TPSA) is 159 Å². The lowest BCUT2D eigenvalue weighted by Crippen LogP contribution is -2.13. The molecule has 2 heterocycles. The highest BCUT2D eigenvalue weighted by Gasteiger charge is 2.21. The lowest BCUT2D eigenvalue weighted by Gasteiger charge is -2.12. The molecule has 0 radical (unpaired) electrons. The van der Waals surface area contributed by atoms with Gasteiger partial charge in [0.05, 0.1) is 29.7 Å². The van der Waals surface area contributed by atoms with Crippen molar-refractivity contribution in [3.8, 4) is 28.5 Å². The van der Waals surface area contributed by atoms with E-state index < -0.39 is 24.7 Å². The number of nitrogens with zero attached hydrogens (tertiary/aromatic N) is 3. The molecule has 2 N–H and O–H groups in total. The van der Waals surface area contributed by atoms with Crippen molar-refractivity contribution in [2.75, 3.05) is 13.4 Å². The summed E-state index contributed by atoms with van der Waals surface area (Å²) in [6.07, 6.45) is -1.55. The van der Waals surface area contributed by atoms with Crippen molar-refractivity contribution >= 4 is 23.2 Å². The molecule has 39 heavy (non-hydrogen) atoms. The van der Waals surface area contributed by atoms with E-state index in [-0.39, 0.29) is 5.56 Å². The number of carboxylic acid groups (broad SMARTS) is 1. The summed E-state index contributed by atoms with van der Waals surface area (Å²) in [4.78, 5) is 41.9. The number of benzene rings is 3. The Hall–Kier alpha value is -5.39. The minimum absolute atomic E-state index is 0.187. The van der Waals surface area contributed by atoms with Gasteiger partial charge in [0.15, 0.2) is 5.82 Å². The van der Waals surface area contributed by atoms with Crippen LogP contribution in [0.25, 0.3) is 33.5 Å². The summed E-state index contributed by atoms with van der Waals surface area (Å²) in [5.74, 6) is -1.06. The first kappa shape index (κ1) is 25.3. The molecule has 0 aliphatic rings. The molecule has 198 valence electrons. The fourth-order valence-electron chi connectivity index (χ4n) is 4.19. The van der Waals surface area contributed by atoms with Gasteiger partial charge in [-0.05, 0) is 35.7 Å². The second-order valence-corrected chi connectivity index (χ2v) is 8.23. The van der Waals surface area contributed by atoms with E-state index in [1.165, 1.54) is 0 Å². The molecule has 5 aromatic rings. The summed E-state index contributed by atoms with van der Waals surface area (Å²) in [6, 6.07) is 20.5. The zero-order chi connectivity index (χ0) is 27.4. The van der Waals surface area contributed by atoms with Gasteiger partial charge in [0, 0.05) is 5.56 Å². The molecule has 0 aliphatic carbocycles. The maximum absolute atomic E-state index is 12.8. The second-order valence-electron chi connectivity index (χ2n) is 8.23. The van der Waals surface area contributed by atoms with Gasteiger partial charge >= 0.3 is 17.9 Å². The lowest BCUT2D eigenvalue weighted by molar-refractivity contribution is -0.0166. The highest BCUT2D eigenvalue weighted by atomic mass is 16.7. The summed E-state index contributed by atoms with van der Waals surface area (Å²) < 4.78 is 21.5. The maximum Gasteiger partial charge on any atom is 0.508 e. The van der Waals surface area contributed by atoms with Crippen molar-refractivity contribution < 1.29 is 33.4 Å². The van der Waals surface area contributed by atoms with Crippen LogP contribution < -0.4 is 10.5 Å². The number of aromatic nitrogens is 4. The Morgan fingerprint density at radius 3 is 2.46 bits per heavy atom. The molecular weight excluding hydrogens is 508 g/mol. The van der Waals surface area contributed by atoms with E-state index in [0.29, 0.717) is 41.6 Å². The van der Waals surface area contributed by atoms with E-state index in [1.807, 2.05) is 55.5 Å². The van der Waals surface area contributed by atoms with Gasteiger partial charge in [-0.25, -0.2) is 14.4 Å². The Morgan fingerprint density at radius 2 is 1.77 bits per heavy atom. The van der Waals surface area contributed by atoms with Crippen molar-refractivity contribution in [3.63, 3.8) is 0 Å². The number of carbonyl (C=O) groups excluding carboxylic acids is 1. The van der Waals surface area contributed by atoms with Crippen LogP contribution in [0, 0.1) is 0 Å². The van der Waals surface area contributed by atoms with Crippen molar-refractivity contribution in [2.45, 2.75) is 13.5 Å². The predicted molar refractivity (Wildman–Crippen MR) is 137 cm³/mol. The van der Waals surface area contributed by atoms with Gasteiger partial charge in [-0.15, -0.1) is 0 Å². The summed E-state index contributed by atoms with van der Waals surface area (Å²) in [5.41, 5.74) is 4.53. The van der Waals surface area contributed by atoms with Gasteiger partial charge in [0.25, 0.3) is 6.01 Å². The number of para-hydroxylation sites is 1. The number of hydrogen-bond acceptors (Lipinski definition) is 9. The number of ether oxygens (including phenoxy) is 3. The van der Waals surface area contributed by atoms with E-state index in [4.69, 9.17) is 14.6 Å². The minimum atomic E-state index is -1.55. The first-order valence-electron chi connectivity index (χ1n) is 11.8. The normalized spacial score (nSPS) is 10.9. The van der Waals surface area contributed by atoms with Gasteiger partial charge in [-0.3, -0.25) is 14.1 Å². The van der Waals surface area contributed by atoms with Crippen LogP contribution in [0.2, 0.25) is 0 Å². The average Bonchev–Trinajstić information content (AvgIpc) is 3.52. The number of carbonyl (C=O) groups is 2. The van der Waals surface area contributed by atoms with Crippen LogP contribution in [0.5, 0.6) is 6.01 Å². The number of hydrogen-bond donors (Lipinski definition) is 2. The van der Waals surface area contributed by atoms with Crippen molar-refractivity contribution in [1.29, 1.82) is 0 Å². The molecule has 0 fully saturated rings. The molecule has 2 aromatic heterocycles. The highest BCUT2D eigenvalue weighted by molar-refractivity contribution is 6.02. The molecular formula is C27H22N4O8. The molecule has 0 bridgehead atoms. The Morgan fingerprint density at radius 1 is 1.00 bits per heavy atom. The van der Waals surface area contributed by atoms with E-state index in [9.17, 15) is 14.4 Å². The van der Waals surface area contributed by atoms with E-state index in [1.54, 1.807) is 22.8 Å². The number of fused-ring (bicyclic) bond motifs is 1. The van der Waals surface area contributed by atoms with Crippen molar-refractivity contribution in [2.24, 2.45) is 0 Å². The van der Waals surface area contributed by atoms with Crippen LogP contribution in [0.4, 0.5) is 4.79 Å². The quantitative estimate of drug-likeness (QED) is 0.208. The van der Waals surface area contributed by atoms with Gasteiger partial charge in [0.2, 0.25) is 6.79 Å². The third kappa shape index (κ3) is 5.34. The molecule has 0 spiro atoms. The van der Waals surface area contributed by atoms with Crippen LogP contribution in [0.15, 0.2) is 76.0 Å². The number of aromatic amines is 1. The predicted octanol–water partition coefficient (Wildman–Crippen LogP) is 4.30. The Bertz CT molecular complexity index is 1700. The third-order valence-corrected chi connectivity index (χ3v) is 5.83. The summed E-state index contributed by atoms with van der Waals surface area (Å²) in [6.45, 7) is 1.77. The molecule has 12 nitrogen and oxygen atoms in total. The summed E-state index contributed by atoms with van der Waals surface area (Å²) in [5, 5.41) is 12.4. The van der Waals surface area contributed by atoms with Crippen LogP contribution in [0.1, 0.15) is 22.8 Å². The molecule has 12 heteroatoms. The van der Waals surface area contributed by atoms with Gasteiger partial charge < -0.3 is 19.3 Å². The van der Waals surface area contributed by atoms with Crippen LogP contribution in [-0.4, -0.2) is 50.3 Å². The number of nitrogens with one attached hydrogen (secondary N) is 1. The van der Waals surface area contributed by atoms with Gasteiger partial charge in [0.1, 0.15) is 0 Å². The molecule has 3 aromatic carbocycles. The molecule has 0 aliphatic heterocycles. The third-order valence-electron chi connectivity index (χ3n) is 5.83. The standard InChI is InChI=1S/C27H22N4O8/c1-2-36-25-28-21-9-5-8-20(24(32)37-15-38-27(34)35)22(21)31(25)14-16-10-12-17(13-11-16)18-6-3-4-7-19(18)23-29-26(33)39-30-23/h3-13H,2,14-15H2,1H3,(H,34,35)(H,29,30,33). The fraction of sp³-hybridized carbons (Fsp3) is 0.148. The minimum Gasteiger partial charge on any atom is -0.465 e. The summed E-state index contributed by atoms with van der Waals surface area (Å²) >= 11 is 0. The van der Waals surface area contributed by atoms with Crippen molar-refractivity contribution in [3.05, 3.63) is 88.4 Å². The van der Waals surface area contributed by atoms with Gasteiger partial charge in [-0.1, -0.05) is 59.8 Å². The number of esters is 1. The zero-order valence-electron chi connectivity index (χ0n) is 20.6. The van der Waals surface area contributed by atoms with Gasteiger partial charge in [-0.2, -0.15) is 4.98 Å². The smallest absolute Gasteiger partial charge is 0.465 e. The van der Waals surface area contributed by atoms with Crippen LogP contribution in [0.3, 0.4) is 0 Å². The largest absolute Gasteiger partial charge is 0.508 e. The molecule has 0 saturated heterocycles. The molecule has 0 saturated carbocycles. The number of rotatable bonds is 9. The molecule has 0 amide bonds.